The second kappa shape index (κ2) is 10.1. The van der Waals surface area contributed by atoms with Gasteiger partial charge in [0.2, 0.25) is 5.91 Å². The van der Waals surface area contributed by atoms with Crippen LogP contribution in [0.5, 0.6) is 17.2 Å². The van der Waals surface area contributed by atoms with Gasteiger partial charge in [-0.2, -0.15) is 0 Å². The minimum absolute atomic E-state index is 0.0495. The van der Waals surface area contributed by atoms with Gasteiger partial charge in [-0.15, -0.1) is 0 Å². The maximum Gasteiger partial charge on any atom is 0.266 e. The summed E-state index contributed by atoms with van der Waals surface area (Å²) in [6.45, 7) is 0.792. The van der Waals surface area contributed by atoms with Crippen molar-refractivity contribution in [3.63, 3.8) is 0 Å². The van der Waals surface area contributed by atoms with Crippen LogP contribution in [-0.2, 0) is 22.7 Å². The molecule has 1 heterocycles. The van der Waals surface area contributed by atoms with Crippen LogP contribution in [0.2, 0.25) is 0 Å². The van der Waals surface area contributed by atoms with E-state index in [1.54, 1.807) is 31.2 Å². The van der Waals surface area contributed by atoms with Gasteiger partial charge in [0.05, 0.1) is 19.2 Å². The van der Waals surface area contributed by atoms with Crippen LogP contribution < -0.4 is 19.5 Å². The highest BCUT2D eigenvalue weighted by Gasteiger charge is 2.30. The van der Waals surface area contributed by atoms with E-state index in [1.807, 2.05) is 60.7 Å². The molecule has 3 aromatic rings. The number of carbonyl (C=O) groups excluding carboxylic acids is 2. The van der Waals surface area contributed by atoms with Crippen molar-refractivity contribution in [2.75, 3.05) is 19.5 Å². The van der Waals surface area contributed by atoms with Crippen LogP contribution in [0.25, 0.3) is 0 Å². The van der Waals surface area contributed by atoms with Crippen LogP contribution in [0, 0.1) is 0 Å². The van der Waals surface area contributed by atoms with Gasteiger partial charge >= 0.3 is 0 Å². The predicted octanol–water partition coefficient (Wildman–Crippen LogP) is 4.02. The van der Waals surface area contributed by atoms with E-state index in [1.165, 1.54) is 0 Å². The summed E-state index contributed by atoms with van der Waals surface area (Å²) in [6.07, 6.45) is -0.912. The number of carbonyl (C=O) groups is 2. The zero-order chi connectivity index (χ0) is 23.2. The topological polar surface area (TPSA) is 77.1 Å². The lowest BCUT2D eigenvalue weighted by Crippen LogP contribution is -2.41. The molecule has 2 amide bonds. The summed E-state index contributed by atoms with van der Waals surface area (Å²) in [7, 11) is 3.28. The zero-order valence-electron chi connectivity index (χ0n) is 18.6. The summed E-state index contributed by atoms with van der Waals surface area (Å²) in [6, 6.07) is 22.6. The Hall–Kier alpha value is -4.00. The number of methoxy groups -OCH3 is 1. The highest BCUT2D eigenvalue weighted by molar-refractivity contribution is 5.99. The molecule has 33 heavy (non-hydrogen) atoms. The number of anilines is 1. The Morgan fingerprint density at radius 2 is 1.76 bits per heavy atom. The van der Waals surface area contributed by atoms with E-state index in [-0.39, 0.29) is 18.2 Å². The summed E-state index contributed by atoms with van der Waals surface area (Å²) in [5, 5.41) is 2.78. The Morgan fingerprint density at radius 3 is 2.55 bits per heavy atom. The Bertz CT molecular complexity index is 1130. The minimum atomic E-state index is -0.863. The van der Waals surface area contributed by atoms with Crippen LogP contribution in [0.3, 0.4) is 0 Å². The fourth-order valence-electron chi connectivity index (χ4n) is 3.57. The Balaban J connectivity index is 1.36. The molecule has 3 aromatic carbocycles. The van der Waals surface area contributed by atoms with E-state index in [2.05, 4.69) is 5.32 Å². The Labute approximate surface area is 192 Å². The first-order valence-electron chi connectivity index (χ1n) is 10.7. The van der Waals surface area contributed by atoms with E-state index in [4.69, 9.17) is 14.2 Å². The largest absolute Gasteiger partial charge is 0.493 e. The molecule has 0 unspecified atom stereocenters. The third-order valence-corrected chi connectivity index (χ3v) is 5.38. The number of nitrogens with zero attached hydrogens (tertiary/aromatic N) is 1. The molecule has 7 heteroatoms. The van der Waals surface area contributed by atoms with Crippen LogP contribution >= 0.6 is 0 Å². The lowest BCUT2D eigenvalue weighted by Gasteiger charge is -2.27. The van der Waals surface area contributed by atoms with Crippen molar-refractivity contribution in [2.24, 2.45) is 0 Å². The van der Waals surface area contributed by atoms with Crippen LogP contribution in [-0.4, -0.2) is 37.0 Å². The van der Waals surface area contributed by atoms with Crippen molar-refractivity contribution < 1.29 is 23.8 Å². The fraction of sp³-hybridized carbons (Fsp3) is 0.231. The van der Waals surface area contributed by atoms with Gasteiger partial charge in [0, 0.05) is 13.6 Å². The van der Waals surface area contributed by atoms with E-state index in [0.717, 1.165) is 11.1 Å². The molecule has 0 aromatic heterocycles. The van der Waals surface area contributed by atoms with E-state index in [9.17, 15) is 9.59 Å². The van der Waals surface area contributed by atoms with Crippen molar-refractivity contribution in [3.05, 3.63) is 83.9 Å². The van der Waals surface area contributed by atoms with Gasteiger partial charge in [-0.05, 0) is 35.4 Å². The molecule has 1 aliphatic rings. The number of para-hydroxylation sites is 2. The SMILES string of the molecule is COc1cc(CN(C)C(=O)C[C@@H]2Oc3ccccc3NC2=O)ccc1OCc1ccccc1. The molecule has 0 radical (unpaired) electrons. The van der Waals surface area contributed by atoms with Gasteiger partial charge in [0.25, 0.3) is 5.91 Å². The van der Waals surface area contributed by atoms with Gasteiger partial charge in [0.1, 0.15) is 12.4 Å². The molecule has 0 fully saturated rings. The number of rotatable bonds is 8. The van der Waals surface area contributed by atoms with Gasteiger partial charge in [-0.25, -0.2) is 0 Å². The van der Waals surface area contributed by atoms with Gasteiger partial charge in [-0.3, -0.25) is 9.59 Å². The third-order valence-electron chi connectivity index (χ3n) is 5.38. The lowest BCUT2D eigenvalue weighted by molar-refractivity contribution is -0.136. The van der Waals surface area contributed by atoms with Crippen LogP contribution in [0.1, 0.15) is 17.5 Å². The average molecular weight is 447 g/mol. The van der Waals surface area contributed by atoms with Gasteiger partial charge in [0.15, 0.2) is 17.6 Å². The summed E-state index contributed by atoms with van der Waals surface area (Å²) in [5.41, 5.74) is 2.56. The molecule has 7 nitrogen and oxygen atoms in total. The first-order valence-corrected chi connectivity index (χ1v) is 10.7. The van der Waals surface area contributed by atoms with Crippen molar-refractivity contribution in [3.8, 4) is 17.2 Å². The molecule has 0 saturated carbocycles. The Kier molecular flexibility index (Phi) is 6.78. The van der Waals surface area contributed by atoms with Gasteiger partial charge in [-0.1, -0.05) is 48.5 Å². The second-order valence-electron chi connectivity index (χ2n) is 7.81. The van der Waals surface area contributed by atoms with Crippen molar-refractivity contribution in [2.45, 2.75) is 25.7 Å². The molecular formula is C26H26N2O5. The number of fused-ring (bicyclic) bond motifs is 1. The second-order valence-corrected chi connectivity index (χ2v) is 7.81. The number of hydrogen-bond donors (Lipinski definition) is 1. The fourth-order valence-corrected chi connectivity index (χ4v) is 3.57. The monoisotopic (exact) mass is 446 g/mol. The number of nitrogens with one attached hydrogen (secondary N) is 1. The molecule has 1 N–H and O–H groups in total. The summed E-state index contributed by atoms with van der Waals surface area (Å²) in [5.74, 6) is 1.27. The number of hydrogen-bond acceptors (Lipinski definition) is 5. The first kappa shape index (κ1) is 22.2. The molecular weight excluding hydrogens is 420 g/mol. The van der Waals surface area contributed by atoms with Crippen LogP contribution in [0.15, 0.2) is 72.8 Å². The molecule has 0 spiro atoms. The maximum atomic E-state index is 12.8. The lowest BCUT2D eigenvalue weighted by atomic mass is 10.1. The summed E-state index contributed by atoms with van der Waals surface area (Å²) >= 11 is 0. The number of ether oxygens (including phenoxy) is 3. The van der Waals surface area contributed by atoms with E-state index < -0.39 is 6.10 Å². The zero-order valence-corrected chi connectivity index (χ0v) is 18.6. The highest BCUT2D eigenvalue weighted by Crippen LogP contribution is 2.31. The standard InChI is InChI=1S/C26H26N2O5/c1-28(25(29)15-24-26(30)27-20-10-6-7-11-21(20)33-24)16-19-12-13-22(23(14-19)31-2)32-17-18-8-4-3-5-9-18/h3-14,24H,15-17H2,1-2H3,(H,27,30)/t24-/m0/s1. The summed E-state index contributed by atoms with van der Waals surface area (Å²) < 4.78 is 17.1. The molecule has 4 rings (SSSR count). The first-order chi connectivity index (χ1) is 16.0. The van der Waals surface area contributed by atoms with Crippen molar-refractivity contribution in [1.82, 2.24) is 4.90 Å². The quantitative estimate of drug-likeness (QED) is 0.566. The molecule has 0 aliphatic carbocycles. The number of benzene rings is 3. The summed E-state index contributed by atoms with van der Waals surface area (Å²) in [4.78, 5) is 26.7. The molecule has 1 atom stereocenters. The predicted molar refractivity (Wildman–Crippen MR) is 124 cm³/mol. The van der Waals surface area contributed by atoms with Crippen molar-refractivity contribution >= 4 is 17.5 Å². The normalized spacial score (nSPS) is 14.5. The molecule has 0 saturated heterocycles. The van der Waals surface area contributed by atoms with E-state index in [0.29, 0.717) is 36.1 Å². The minimum Gasteiger partial charge on any atom is -0.493 e. The van der Waals surface area contributed by atoms with Crippen molar-refractivity contribution in [1.29, 1.82) is 0 Å². The molecule has 1 aliphatic heterocycles. The van der Waals surface area contributed by atoms with Crippen LogP contribution in [0.4, 0.5) is 5.69 Å². The molecule has 170 valence electrons. The van der Waals surface area contributed by atoms with Gasteiger partial charge < -0.3 is 24.4 Å². The average Bonchev–Trinajstić information content (AvgIpc) is 2.84. The van der Waals surface area contributed by atoms with E-state index >= 15 is 0 Å². The number of amides is 2. The molecule has 0 bridgehead atoms. The smallest absolute Gasteiger partial charge is 0.266 e. The Morgan fingerprint density at radius 1 is 1.00 bits per heavy atom. The highest BCUT2D eigenvalue weighted by atomic mass is 16.5. The third kappa shape index (κ3) is 5.44. The maximum absolute atomic E-state index is 12.8.